The molecule has 1 N–H and O–H groups in total. The molecule has 0 spiro atoms. The summed E-state index contributed by atoms with van der Waals surface area (Å²) in [6.07, 6.45) is 0.538. The van der Waals surface area contributed by atoms with Gasteiger partial charge in [0.15, 0.2) is 0 Å². The first-order valence-corrected chi connectivity index (χ1v) is 8.75. The van der Waals surface area contributed by atoms with Crippen molar-refractivity contribution in [3.8, 4) is 11.5 Å². The summed E-state index contributed by atoms with van der Waals surface area (Å²) in [6, 6.07) is 25.8. The molecule has 0 aromatic heterocycles. The minimum Gasteiger partial charge on any atom is -0.508 e. The van der Waals surface area contributed by atoms with E-state index in [1.165, 1.54) is 0 Å². The third-order valence-corrected chi connectivity index (χ3v) is 4.98. The number of para-hydroxylation sites is 1. The Balaban J connectivity index is 1.60. The summed E-state index contributed by atoms with van der Waals surface area (Å²) >= 11 is 0. The van der Waals surface area contributed by atoms with Gasteiger partial charge >= 0.3 is 0 Å². The van der Waals surface area contributed by atoms with E-state index in [2.05, 4.69) is 23.2 Å². The molecule has 4 heteroatoms. The first-order valence-electron chi connectivity index (χ1n) is 8.75. The van der Waals surface area contributed by atoms with Gasteiger partial charge in [0, 0.05) is 17.5 Å². The molecule has 2 aliphatic heterocycles. The van der Waals surface area contributed by atoms with Gasteiger partial charge in [-0.2, -0.15) is 5.10 Å². The number of hydrogen-bond acceptors (Lipinski definition) is 4. The number of rotatable bonds is 2. The van der Waals surface area contributed by atoms with Crippen molar-refractivity contribution in [2.75, 3.05) is 0 Å². The van der Waals surface area contributed by atoms with Crippen LogP contribution in [0.5, 0.6) is 11.5 Å². The zero-order chi connectivity index (χ0) is 17.5. The molecule has 5 rings (SSSR count). The zero-order valence-electron chi connectivity index (χ0n) is 14.1. The molecule has 0 amide bonds. The Hall–Kier alpha value is -3.27. The van der Waals surface area contributed by atoms with Crippen molar-refractivity contribution >= 4 is 5.71 Å². The summed E-state index contributed by atoms with van der Waals surface area (Å²) in [5, 5.41) is 16.6. The molecule has 3 aromatic carbocycles. The first-order chi connectivity index (χ1) is 12.8. The third-order valence-electron chi connectivity index (χ3n) is 4.98. The van der Waals surface area contributed by atoms with Gasteiger partial charge in [0.25, 0.3) is 0 Å². The van der Waals surface area contributed by atoms with Crippen LogP contribution in [0.15, 0.2) is 84.0 Å². The molecule has 0 radical (unpaired) electrons. The minimum atomic E-state index is -0.309. The Kier molecular flexibility index (Phi) is 3.42. The highest BCUT2D eigenvalue weighted by molar-refractivity contribution is 6.01. The van der Waals surface area contributed by atoms with Crippen molar-refractivity contribution in [3.63, 3.8) is 0 Å². The van der Waals surface area contributed by atoms with Crippen LogP contribution in [0.1, 0.15) is 35.4 Å². The lowest BCUT2D eigenvalue weighted by atomic mass is 9.96. The average Bonchev–Trinajstić information content (AvgIpc) is 3.14. The number of fused-ring (bicyclic) bond motifs is 3. The second-order valence-corrected chi connectivity index (χ2v) is 6.61. The summed E-state index contributed by atoms with van der Waals surface area (Å²) < 4.78 is 6.29. The van der Waals surface area contributed by atoms with Crippen molar-refractivity contribution in [3.05, 3.63) is 95.6 Å². The number of aromatic hydroxyl groups is 1. The van der Waals surface area contributed by atoms with Crippen LogP contribution < -0.4 is 4.74 Å². The highest BCUT2D eigenvalue weighted by Crippen LogP contribution is 2.47. The second-order valence-electron chi connectivity index (χ2n) is 6.61. The van der Waals surface area contributed by atoms with Crippen LogP contribution >= 0.6 is 0 Å². The van der Waals surface area contributed by atoms with E-state index in [0.717, 1.165) is 34.6 Å². The van der Waals surface area contributed by atoms with Gasteiger partial charge in [-0.1, -0.05) is 48.5 Å². The monoisotopic (exact) mass is 342 g/mol. The van der Waals surface area contributed by atoms with Gasteiger partial charge in [0.05, 0.1) is 11.8 Å². The van der Waals surface area contributed by atoms with Gasteiger partial charge in [0.2, 0.25) is 6.23 Å². The van der Waals surface area contributed by atoms with Crippen molar-refractivity contribution in [2.45, 2.75) is 18.7 Å². The van der Waals surface area contributed by atoms with E-state index in [-0.39, 0.29) is 18.0 Å². The summed E-state index contributed by atoms with van der Waals surface area (Å²) in [5.74, 6) is 1.15. The molecule has 2 atom stereocenters. The Morgan fingerprint density at radius 2 is 1.62 bits per heavy atom. The van der Waals surface area contributed by atoms with E-state index >= 15 is 0 Å². The number of hydrogen-bond donors (Lipinski definition) is 1. The fraction of sp³-hybridized carbons (Fsp3) is 0.136. The maximum Gasteiger partial charge on any atom is 0.213 e. The van der Waals surface area contributed by atoms with Gasteiger partial charge in [-0.05, 0) is 35.9 Å². The molecule has 4 nitrogen and oxygen atoms in total. The largest absolute Gasteiger partial charge is 0.508 e. The molecule has 0 bridgehead atoms. The molecule has 3 aromatic rings. The summed E-state index contributed by atoms with van der Waals surface area (Å²) in [5.41, 5.74) is 4.35. The van der Waals surface area contributed by atoms with Crippen LogP contribution in [0.2, 0.25) is 0 Å². The Bertz CT molecular complexity index is 967. The number of hydrazone groups is 1. The molecule has 128 valence electrons. The zero-order valence-corrected chi connectivity index (χ0v) is 14.1. The second kappa shape index (κ2) is 5.92. The lowest BCUT2D eigenvalue weighted by Gasteiger charge is -2.38. The van der Waals surface area contributed by atoms with Crippen molar-refractivity contribution in [1.29, 1.82) is 0 Å². The molecular formula is C22H18N2O2. The summed E-state index contributed by atoms with van der Waals surface area (Å²) in [4.78, 5) is 0. The third kappa shape index (κ3) is 2.42. The van der Waals surface area contributed by atoms with Crippen molar-refractivity contribution in [2.24, 2.45) is 5.10 Å². The summed E-state index contributed by atoms with van der Waals surface area (Å²) in [6.45, 7) is 0. The number of phenolic OH excluding ortho intramolecular Hbond substituents is 1. The van der Waals surface area contributed by atoms with Gasteiger partial charge in [-0.3, -0.25) is 0 Å². The van der Waals surface area contributed by atoms with Gasteiger partial charge in [-0.15, -0.1) is 0 Å². The van der Waals surface area contributed by atoms with E-state index in [9.17, 15) is 5.11 Å². The fourth-order valence-corrected chi connectivity index (χ4v) is 3.70. The van der Waals surface area contributed by atoms with Crippen molar-refractivity contribution < 1.29 is 9.84 Å². The molecule has 0 aliphatic carbocycles. The van der Waals surface area contributed by atoms with Crippen LogP contribution in [-0.4, -0.2) is 15.8 Å². The Labute approximate surface area is 152 Å². The van der Waals surface area contributed by atoms with Gasteiger partial charge in [-0.25, -0.2) is 5.01 Å². The van der Waals surface area contributed by atoms with E-state index in [4.69, 9.17) is 9.84 Å². The Morgan fingerprint density at radius 3 is 2.42 bits per heavy atom. The molecule has 0 saturated carbocycles. The smallest absolute Gasteiger partial charge is 0.213 e. The average molecular weight is 342 g/mol. The molecule has 26 heavy (non-hydrogen) atoms. The predicted molar refractivity (Wildman–Crippen MR) is 100 cm³/mol. The fourth-order valence-electron chi connectivity index (χ4n) is 3.70. The number of benzene rings is 3. The summed E-state index contributed by atoms with van der Waals surface area (Å²) in [7, 11) is 0. The van der Waals surface area contributed by atoms with Gasteiger partial charge < -0.3 is 9.84 Å². The molecule has 0 unspecified atom stereocenters. The first kappa shape index (κ1) is 15.0. The quantitative estimate of drug-likeness (QED) is 0.738. The van der Waals surface area contributed by atoms with E-state index in [1.807, 2.05) is 48.5 Å². The van der Waals surface area contributed by atoms with Crippen LogP contribution in [0.4, 0.5) is 0 Å². The Morgan fingerprint density at radius 1 is 0.885 bits per heavy atom. The highest BCUT2D eigenvalue weighted by atomic mass is 16.5. The molecule has 0 saturated heterocycles. The van der Waals surface area contributed by atoms with E-state index in [1.54, 1.807) is 12.1 Å². The highest BCUT2D eigenvalue weighted by Gasteiger charge is 2.40. The lowest BCUT2D eigenvalue weighted by Crippen LogP contribution is -2.33. The molecule has 2 aliphatic rings. The van der Waals surface area contributed by atoms with Crippen LogP contribution in [0.3, 0.4) is 0 Å². The predicted octanol–water partition coefficient (Wildman–Crippen LogP) is 4.63. The van der Waals surface area contributed by atoms with E-state index < -0.39 is 0 Å². The normalized spacial score (nSPS) is 20.8. The van der Waals surface area contributed by atoms with Crippen molar-refractivity contribution in [1.82, 2.24) is 5.01 Å². The van der Waals surface area contributed by atoms with Gasteiger partial charge in [0.1, 0.15) is 11.5 Å². The van der Waals surface area contributed by atoms with Crippen LogP contribution in [0.25, 0.3) is 0 Å². The maximum atomic E-state index is 9.61. The van der Waals surface area contributed by atoms with Crippen LogP contribution in [-0.2, 0) is 0 Å². The number of ether oxygens (including phenoxy) is 1. The number of phenols is 1. The molecule has 0 fully saturated rings. The molecular weight excluding hydrogens is 324 g/mol. The lowest BCUT2D eigenvalue weighted by molar-refractivity contribution is -0.0190. The topological polar surface area (TPSA) is 45.1 Å². The van der Waals surface area contributed by atoms with E-state index in [0.29, 0.717) is 0 Å². The van der Waals surface area contributed by atoms with Crippen LogP contribution in [0, 0.1) is 0 Å². The maximum absolute atomic E-state index is 9.61. The number of nitrogens with zero attached hydrogens (tertiary/aromatic N) is 2. The molecule has 2 heterocycles. The standard InChI is InChI=1S/C22H18N2O2/c25-17-12-10-16(11-13-17)22-24-20(18-8-4-5-9-21(18)26-22)14-19(23-24)15-6-2-1-3-7-15/h1-13,20,22,25H,14H2/t20-,22-/m1/s1. The SMILES string of the molecule is Oc1ccc([C@H]2Oc3ccccc3[C@H]3CC(c4ccccc4)=NN32)cc1. The minimum absolute atomic E-state index is 0.147.